The molecule has 2 heteroatoms. The van der Waals surface area contributed by atoms with Gasteiger partial charge in [0.05, 0.1) is 0 Å². The second-order valence-corrected chi connectivity index (χ2v) is 8.01. The molecule has 0 aliphatic carbocycles. The second-order valence-electron chi connectivity index (χ2n) is 8.01. The van der Waals surface area contributed by atoms with Gasteiger partial charge in [0.25, 0.3) is 0 Å². The van der Waals surface area contributed by atoms with Crippen molar-refractivity contribution in [3.8, 4) is 0 Å². The molecule has 0 aliphatic heterocycles. The molecule has 0 spiro atoms. The van der Waals surface area contributed by atoms with Crippen molar-refractivity contribution in [1.29, 1.82) is 0 Å². The van der Waals surface area contributed by atoms with Crippen LogP contribution in [0.2, 0.25) is 0 Å². The Morgan fingerprint density at radius 3 is 1.73 bits per heavy atom. The quantitative estimate of drug-likeness (QED) is 0.175. The Kier molecular flexibility index (Phi) is 19.9. The summed E-state index contributed by atoms with van der Waals surface area (Å²) >= 11 is 0. The minimum atomic E-state index is 0.140. The normalized spacial score (nSPS) is 12.1. The molecular formula is C24H47NO. The third kappa shape index (κ3) is 18.0. The van der Waals surface area contributed by atoms with Gasteiger partial charge in [-0.2, -0.15) is 0 Å². The molecule has 0 aliphatic rings. The van der Waals surface area contributed by atoms with Crippen LogP contribution in [0.5, 0.6) is 0 Å². The fourth-order valence-corrected chi connectivity index (χ4v) is 3.40. The van der Waals surface area contributed by atoms with E-state index in [4.69, 9.17) is 0 Å². The maximum Gasteiger partial charge on any atom is 0.222 e. The highest BCUT2D eigenvalue weighted by Gasteiger charge is 2.10. The van der Waals surface area contributed by atoms with Crippen molar-refractivity contribution in [3.63, 3.8) is 0 Å². The highest BCUT2D eigenvalue weighted by atomic mass is 16.1. The lowest BCUT2D eigenvalue weighted by Gasteiger charge is -2.11. The minimum Gasteiger partial charge on any atom is -0.356 e. The van der Waals surface area contributed by atoms with Crippen molar-refractivity contribution in [1.82, 2.24) is 5.32 Å². The van der Waals surface area contributed by atoms with Crippen LogP contribution < -0.4 is 5.32 Å². The van der Waals surface area contributed by atoms with E-state index < -0.39 is 0 Å². The zero-order valence-electron chi connectivity index (χ0n) is 18.0. The molecule has 1 amide bonds. The predicted octanol–water partition coefficient (Wildman–Crippen LogP) is 7.58. The first-order valence-corrected chi connectivity index (χ1v) is 11.6. The van der Waals surface area contributed by atoms with E-state index in [1.54, 1.807) is 0 Å². The van der Waals surface area contributed by atoms with E-state index in [1.807, 2.05) is 13.0 Å². The van der Waals surface area contributed by atoms with Crippen molar-refractivity contribution in [2.75, 3.05) is 6.54 Å². The number of carbonyl (C=O) groups excluding carboxylic acids is 1. The van der Waals surface area contributed by atoms with Gasteiger partial charge in [-0.25, -0.2) is 0 Å². The lowest BCUT2D eigenvalue weighted by molar-refractivity contribution is -0.124. The zero-order valence-corrected chi connectivity index (χ0v) is 18.0. The van der Waals surface area contributed by atoms with Gasteiger partial charge in [0.1, 0.15) is 0 Å². The van der Waals surface area contributed by atoms with Gasteiger partial charge in [-0.15, -0.1) is 6.58 Å². The molecule has 0 bridgehead atoms. The van der Waals surface area contributed by atoms with Gasteiger partial charge < -0.3 is 5.32 Å². The summed E-state index contributed by atoms with van der Waals surface area (Å²) in [6.07, 6.45) is 24.2. The van der Waals surface area contributed by atoms with Gasteiger partial charge in [-0.3, -0.25) is 4.79 Å². The van der Waals surface area contributed by atoms with Gasteiger partial charge >= 0.3 is 0 Å². The molecule has 26 heavy (non-hydrogen) atoms. The van der Waals surface area contributed by atoms with Gasteiger partial charge in [0.2, 0.25) is 5.91 Å². The average molecular weight is 366 g/mol. The maximum absolute atomic E-state index is 11.9. The van der Waals surface area contributed by atoms with E-state index in [-0.39, 0.29) is 11.8 Å². The molecule has 0 aromatic carbocycles. The van der Waals surface area contributed by atoms with Crippen molar-refractivity contribution in [2.24, 2.45) is 5.92 Å². The fourth-order valence-electron chi connectivity index (χ4n) is 3.40. The molecule has 0 aromatic rings. The Morgan fingerprint density at radius 2 is 1.27 bits per heavy atom. The summed E-state index contributed by atoms with van der Waals surface area (Å²) in [4.78, 5) is 11.9. The molecule has 0 saturated heterocycles. The molecule has 0 heterocycles. The van der Waals surface area contributed by atoms with Crippen LogP contribution in [0.15, 0.2) is 12.7 Å². The number of rotatable bonds is 20. The Morgan fingerprint density at radius 1 is 0.808 bits per heavy atom. The first kappa shape index (κ1) is 25.2. The lowest BCUT2D eigenvalue weighted by atomic mass is 10.0. The minimum absolute atomic E-state index is 0.140. The number of unbranched alkanes of at least 4 members (excludes halogenated alkanes) is 14. The van der Waals surface area contributed by atoms with Crippen LogP contribution >= 0.6 is 0 Å². The van der Waals surface area contributed by atoms with Crippen LogP contribution in [0.3, 0.4) is 0 Å². The van der Waals surface area contributed by atoms with E-state index in [9.17, 15) is 4.79 Å². The molecular weight excluding hydrogens is 318 g/mol. The summed E-state index contributed by atoms with van der Waals surface area (Å²) in [5.41, 5.74) is 0. The molecule has 1 unspecified atom stereocenters. The second kappa shape index (κ2) is 20.5. The summed E-state index contributed by atoms with van der Waals surface area (Å²) in [5.74, 6) is 0.366. The number of hydrogen-bond acceptors (Lipinski definition) is 1. The first-order chi connectivity index (χ1) is 12.7. The fraction of sp³-hybridized carbons (Fsp3) is 0.875. The van der Waals surface area contributed by atoms with Crippen molar-refractivity contribution < 1.29 is 4.79 Å². The summed E-state index contributed by atoms with van der Waals surface area (Å²) in [5, 5.41) is 3.09. The Balaban J connectivity index is 3.21. The highest BCUT2D eigenvalue weighted by molar-refractivity contribution is 5.78. The largest absolute Gasteiger partial charge is 0.356 e. The van der Waals surface area contributed by atoms with Crippen molar-refractivity contribution in [2.45, 2.75) is 123 Å². The van der Waals surface area contributed by atoms with Crippen LogP contribution in [-0.4, -0.2) is 12.5 Å². The van der Waals surface area contributed by atoms with Gasteiger partial charge in [-0.1, -0.05) is 103 Å². The molecule has 1 atom stereocenters. The zero-order chi connectivity index (χ0) is 19.3. The van der Waals surface area contributed by atoms with E-state index >= 15 is 0 Å². The van der Waals surface area contributed by atoms with Gasteiger partial charge in [0, 0.05) is 12.5 Å². The molecule has 0 aromatic heterocycles. The van der Waals surface area contributed by atoms with Gasteiger partial charge in [-0.05, 0) is 25.7 Å². The molecule has 1 N–H and O–H groups in total. The van der Waals surface area contributed by atoms with Crippen LogP contribution in [0, 0.1) is 5.92 Å². The number of hydrogen-bond donors (Lipinski definition) is 1. The van der Waals surface area contributed by atoms with E-state index in [2.05, 4.69) is 18.8 Å². The topological polar surface area (TPSA) is 29.1 Å². The Bertz CT molecular complexity index is 313. The van der Waals surface area contributed by atoms with Crippen LogP contribution in [-0.2, 0) is 4.79 Å². The van der Waals surface area contributed by atoms with Crippen LogP contribution in [0.1, 0.15) is 123 Å². The van der Waals surface area contributed by atoms with Crippen LogP contribution in [0.25, 0.3) is 0 Å². The maximum atomic E-state index is 11.9. The molecule has 0 radical (unpaired) electrons. The SMILES string of the molecule is C=CCCCC(C)C(=O)NCCCCCCCCCCCCCCCC. The number of amides is 1. The summed E-state index contributed by atoms with van der Waals surface area (Å²) in [6.45, 7) is 8.89. The lowest BCUT2D eigenvalue weighted by Crippen LogP contribution is -2.29. The number of allylic oxidation sites excluding steroid dienone is 1. The smallest absolute Gasteiger partial charge is 0.222 e. The number of carbonyl (C=O) groups is 1. The molecule has 0 rings (SSSR count). The standard InChI is InChI=1S/C24H47NO/c1-4-6-8-9-10-11-12-13-14-15-16-17-18-20-22-25-24(26)23(3)21-19-7-5-2/h5,23H,2,4,6-22H2,1,3H3,(H,25,26). The molecule has 2 nitrogen and oxygen atoms in total. The molecule has 0 fully saturated rings. The third-order valence-electron chi connectivity index (χ3n) is 5.32. The Hall–Kier alpha value is -0.790. The van der Waals surface area contributed by atoms with E-state index in [0.29, 0.717) is 0 Å². The number of nitrogens with one attached hydrogen (secondary N) is 1. The summed E-state index contributed by atoms with van der Waals surface area (Å²) < 4.78 is 0. The predicted molar refractivity (Wildman–Crippen MR) is 117 cm³/mol. The van der Waals surface area contributed by atoms with Gasteiger partial charge in [0.15, 0.2) is 0 Å². The first-order valence-electron chi connectivity index (χ1n) is 11.6. The van der Waals surface area contributed by atoms with Crippen LogP contribution in [0.4, 0.5) is 0 Å². The Labute approximate surface area is 164 Å². The summed E-state index contributed by atoms with van der Waals surface area (Å²) in [7, 11) is 0. The molecule has 0 saturated carbocycles. The third-order valence-corrected chi connectivity index (χ3v) is 5.32. The highest BCUT2D eigenvalue weighted by Crippen LogP contribution is 2.13. The van der Waals surface area contributed by atoms with Crippen molar-refractivity contribution >= 4 is 5.91 Å². The molecule has 154 valence electrons. The van der Waals surface area contributed by atoms with E-state index in [1.165, 1.54) is 83.5 Å². The van der Waals surface area contributed by atoms with Crippen molar-refractivity contribution in [3.05, 3.63) is 12.7 Å². The van der Waals surface area contributed by atoms with E-state index in [0.717, 1.165) is 32.2 Å². The summed E-state index contributed by atoms with van der Waals surface area (Å²) in [6, 6.07) is 0. The average Bonchev–Trinajstić information content (AvgIpc) is 2.64. The monoisotopic (exact) mass is 365 g/mol.